The van der Waals surface area contributed by atoms with Crippen molar-refractivity contribution in [2.75, 3.05) is 0 Å². The molecule has 0 nitrogen and oxygen atoms in total. The molecule has 0 spiro atoms. The van der Waals surface area contributed by atoms with Crippen molar-refractivity contribution in [3.8, 4) is 0 Å². The van der Waals surface area contributed by atoms with Gasteiger partial charge in [-0.2, -0.15) is 0 Å². The third-order valence-electron chi connectivity index (χ3n) is 7.49. The second-order valence-corrected chi connectivity index (χ2v) is 10.8. The van der Waals surface area contributed by atoms with Gasteiger partial charge < -0.3 is 0 Å². The Kier molecular flexibility index (Phi) is 8.84. The summed E-state index contributed by atoms with van der Waals surface area (Å²) in [6.07, 6.45) is 17.3. The average molecular weight is 527 g/mol. The van der Waals surface area contributed by atoms with Crippen LogP contribution in [0.25, 0.3) is 44.7 Å². The van der Waals surface area contributed by atoms with Crippen LogP contribution in [0.15, 0.2) is 109 Å². The normalized spacial score (nSPS) is 13.6. The summed E-state index contributed by atoms with van der Waals surface area (Å²) in [4.78, 5) is 1.30. The van der Waals surface area contributed by atoms with E-state index in [1.807, 2.05) is 23.5 Å². The molecule has 4 rings (SSSR count). The predicted octanol–water partition coefficient (Wildman–Crippen LogP) is 11.9. The van der Waals surface area contributed by atoms with Crippen molar-refractivity contribution in [3.63, 3.8) is 0 Å². The van der Waals surface area contributed by atoms with Gasteiger partial charge in [0.1, 0.15) is 0 Å². The zero-order chi connectivity index (χ0) is 28.1. The Balaban J connectivity index is 1.87. The lowest BCUT2D eigenvalue weighted by Crippen LogP contribution is -1.96. The molecule has 0 N–H and O–H groups in total. The molecule has 0 saturated heterocycles. The molecule has 0 radical (unpaired) electrons. The number of allylic oxidation sites excluding steroid dienone is 9. The Morgan fingerprint density at radius 3 is 2.00 bits per heavy atom. The zero-order valence-corrected chi connectivity index (χ0v) is 24.9. The minimum Gasteiger partial charge on any atom is -0.135 e. The van der Waals surface area contributed by atoms with E-state index in [1.165, 1.54) is 70.3 Å². The van der Waals surface area contributed by atoms with Gasteiger partial charge in [0.2, 0.25) is 0 Å². The molecule has 1 heterocycles. The van der Waals surface area contributed by atoms with Crippen molar-refractivity contribution in [1.82, 2.24) is 0 Å². The van der Waals surface area contributed by atoms with E-state index in [4.69, 9.17) is 0 Å². The third-order valence-corrected chi connectivity index (χ3v) is 8.80. The highest BCUT2D eigenvalue weighted by Gasteiger charge is 2.16. The van der Waals surface area contributed by atoms with Crippen LogP contribution in [0.4, 0.5) is 0 Å². The minimum absolute atomic E-state index is 1.13. The molecule has 0 unspecified atom stereocenters. The fourth-order valence-electron chi connectivity index (χ4n) is 5.44. The maximum atomic E-state index is 4.21. The molecule has 0 atom stereocenters. The molecule has 1 aromatic heterocycles. The van der Waals surface area contributed by atoms with E-state index in [1.54, 1.807) is 0 Å². The van der Waals surface area contributed by atoms with Gasteiger partial charge >= 0.3 is 0 Å². The minimum atomic E-state index is 1.13. The Hall–Kier alpha value is -3.94. The van der Waals surface area contributed by atoms with Crippen LogP contribution in [0.5, 0.6) is 0 Å². The Bertz CT molecular complexity index is 1720. The van der Waals surface area contributed by atoms with Gasteiger partial charge in [0.15, 0.2) is 0 Å². The summed E-state index contributed by atoms with van der Waals surface area (Å²) in [5.74, 6) is 0. The van der Waals surface area contributed by atoms with Crippen molar-refractivity contribution < 1.29 is 0 Å². The van der Waals surface area contributed by atoms with Crippen LogP contribution in [0.1, 0.15) is 60.4 Å². The van der Waals surface area contributed by atoms with Gasteiger partial charge in [-0.25, -0.2) is 0 Å². The van der Waals surface area contributed by atoms with Crippen molar-refractivity contribution in [2.24, 2.45) is 0 Å². The fraction of sp³-hybridized carbons (Fsp3) is 0.158. The summed E-state index contributed by atoms with van der Waals surface area (Å²) in [6.45, 7) is 21.4. The Labute approximate surface area is 238 Å². The summed E-state index contributed by atoms with van der Waals surface area (Å²) >= 11 is 1.85. The molecular weight excluding hydrogens is 488 g/mol. The highest BCUT2D eigenvalue weighted by Crippen LogP contribution is 2.39. The van der Waals surface area contributed by atoms with Crippen LogP contribution in [0.3, 0.4) is 0 Å². The first-order valence-corrected chi connectivity index (χ1v) is 14.4. The lowest BCUT2D eigenvalue weighted by atomic mass is 9.87. The first-order chi connectivity index (χ1) is 18.9. The fourth-order valence-corrected chi connectivity index (χ4v) is 6.74. The second-order valence-electron chi connectivity index (χ2n) is 9.75. The number of thiophene rings is 1. The molecule has 196 valence electrons. The summed E-state index contributed by atoms with van der Waals surface area (Å²) < 4.78 is 1.32. The Morgan fingerprint density at radius 1 is 0.744 bits per heavy atom. The largest absolute Gasteiger partial charge is 0.135 e. The van der Waals surface area contributed by atoms with Gasteiger partial charge in [0.25, 0.3) is 0 Å². The van der Waals surface area contributed by atoms with Crippen LogP contribution in [-0.2, 0) is 0 Å². The van der Waals surface area contributed by atoms with E-state index < -0.39 is 0 Å². The molecule has 0 aliphatic carbocycles. The van der Waals surface area contributed by atoms with Crippen molar-refractivity contribution in [1.29, 1.82) is 0 Å². The maximum absolute atomic E-state index is 4.21. The monoisotopic (exact) mass is 526 g/mol. The van der Waals surface area contributed by atoms with Crippen molar-refractivity contribution in [3.05, 3.63) is 141 Å². The van der Waals surface area contributed by atoms with Gasteiger partial charge in [-0.3, -0.25) is 0 Å². The number of hydrogen-bond donors (Lipinski definition) is 0. The first-order valence-electron chi connectivity index (χ1n) is 13.5. The molecule has 4 aromatic rings. The summed E-state index contributed by atoms with van der Waals surface area (Å²) in [6, 6.07) is 17.3. The molecule has 0 bridgehead atoms. The highest BCUT2D eigenvalue weighted by atomic mass is 32.1. The molecule has 0 fully saturated rings. The molecule has 0 saturated carbocycles. The van der Waals surface area contributed by atoms with Gasteiger partial charge in [0, 0.05) is 9.58 Å². The Morgan fingerprint density at radius 2 is 1.41 bits per heavy atom. The third kappa shape index (κ3) is 5.33. The van der Waals surface area contributed by atoms with E-state index in [-0.39, 0.29) is 0 Å². The molecule has 0 amide bonds. The SMILES string of the molecule is C=CC(=C\C(=C/C)C(\C)=C\c1c(/C=C\C)c(C)c2ccccc2c1C=C)/C(=C/C)c1sc2ccccc2c1C. The second kappa shape index (κ2) is 12.3. The van der Waals surface area contributed by atoms with Crippen LogP contribution >= 0.6 is 11.3 Å². The number of rotatable bonds is 8. The van der Waals surface area contributed by atoms with E-state index in [9.17, 15) is 0 Å². The van der Waals surface area contributed by atoms with Gasteiger partial charge in [-0.1, -0.05) is 98.2 Å². The molecule has 0 aliphatic heterocycles. The van der Waals surface area contributed by atoms with Crippen LogP contribution in [-0.4, -0.2) is 0 Å². The average Bonchev–Trinajstić information content (AvgIpc) is 3.29. The molecule has 39 heavy (non-hydrogen) atoms. The lowest BCUT2D eigenvalue weighted by molar-refractivity contribution is 1.40. The lowest BCUT2D eigenvalue weighted by Gasteiger charge is -2.17. The van der Waals surface area contributed by atoms with Gasteiger partial charge in [0.05, 0.1) is 0 Å². The number of aryl methyl sites for hydroxylation is 2. The van der Waals surface area contributed by atoms with Crippen LogP contribution in [0.2, 0.25) is 0 Å². The topological polar surface area (TPSA) is 0 Å². The molecular formula is C38H38S. The summed E-state index contributed by atoms with van der Waals surface area (Å²) in [7, 11) is 0. The van der Waals surface area contributed by atoms with Crippen LogP contribution < -0.4 is 0 Å². The summed E-state index contributed by atoms with van der Waals surface area (Å²) in [5, 5.41) is 3.83. The van der Waals surface area contributed by atoms with E-state index >= 15 is 0 Å². The smallest absolute Gasteiger partial charge is 0.0387 e. The van der Waals surface area contributed by atoms with E-state index in [0.29, 0.717) is 0 Å². The molecule has 3 aromatic carbocycles. The van der Waals surface area contributed by atoms with Gasteiger partial charge in [-0.05, 0) is 120 Å². The first kappa shape index (κ1) is 28.1. The standard InChI is InChI=1S/C38H38S/c1-9-18-32-26(7)33-19-14-15-21-35(33)31(13-5)36(32)23-25(6)28(10-2)24-29(11-3)30(12-4)38-27(8)34-20-16-17-22-37(34)39-38/h9-24H,3,5H2,1-2,4,6-8H3/b18-9-,25-23+,28-10+,29-24+,30-12-. The summed E-state index contributed by atoms with van der Waals surface area (Å²) in [5.41, 5.74) is 10.9. The maximum Gasteiger partial charge on any atom is 0.0387 e. The number of fused-ring (bicyclic) bond motifs is 2. The van der Waals surface area contributed by atoms with Crippen molar-refractivity contribution in [2.45, 2.75) is 41.5 Å². The quantitative estimate of drug-likeness (QED) is 0.200. The number of hydrogen-bond acceptors (Lipinski definition) is 1. The zero-order valence-electron chi connectivity index (χ0n) is 24.1. The van der Waals surface area contributed by atoms with E-state index in [0.717, 1.165) is 5.57 Å². The van der Waals surface area contributed by atoms with Crippen molar-refractivity contribution >= 4 is 56.0 Å². The van der Waals surface area contributed by atoms with Crippen LogP contribution in [0, 0.1) is 13.8 Å². The highest BCUT2D eigenvalue weighted by molar-refractivity contribution is 7.20. The molecule has 0 aliphatic rings. The molecule has 1 heteroatoms. The number of benzene rings is 3. The predicted molar refractivity (Wildman–Crippen MR) is 179 cm³/mol. The van der Waals surface area contributed by atoms with Gasteiger partial charge in [-0.15, -0.1) is 11.3 Å². The van der Waals surface area contributed by atoms with E-state index in [2.05, 4.69) is 140 Å².